The maximum Gasteiger partial charge on any atom is 0.410 e. The number of nitrogens with zero attached hydrogens (tertiary/aromatic N) is 3. The number of likely N-dealkylation sites (tertiary alicyclic amines) is 1. The molecule has 2 atom stereocenters. The topological polar surface area (TPSA) is 102 Å². The van der Waals surface area contributed by atoms with Gasteiger partial charge in [0.2, 0.25) is 5.91 Å². The third-order valence-electron chi connectivity index (χ3n) is 5.14. The van der Waals surface area contributed by atoms with E-state index in [2.05, 4.69) is 5.32 Å². The van der Waals surface area contributed by atoms with Gasteiger partial charge in [0.15, 0.2) is 0 Å². The molecule has 0 spiro atoms. The number of hydrogen-bond donors (Lipinski definition) is 2. The molecule has 0 aromatic heterocycles. The minimum absolute atomic E-state index is 0.0261. The first kappa shape index (κ1) is 18.8. The van der Waals surface area contributed by atoms with Crippen LogP contribution in [0.5, 0.6) is 0 Å². The number of piperidine rings is 2. The average Bonchev–Trinajstić information content (AvgIpc) is 2.78. The van der Waals surface area contributed by atoms with Crippen LogP contribution in [-0.4, -0.2) is 81.5 Å². The molecule has 26 heavy (non-hydrogen) atoms. The lowest BCUT2D eigenvalue weighted by Gasteiger charge is -2.35. The van der Waals surface area contributed by atoms with Gasteiger partial charge in [-0.15, -0.1) is 0 Å². The van der Waals surface area contributed by atoms with Crippen LogP contribution in [-0.2, 0) is 9.53 Å². The van der Waals surface area contributed by atoms with Gasteiger partial charge in [0.05, 0.1) is 6.04 Å². The van der Waals surface area contributed by atoms with Crippen molar-refractivity contribution in [3.8, 4) is 0 Å². The summed E-state index contributed by atoms with van der Waals surface area (Å²) < 4.78 is 5.37. The molecule has 9 heteroatoms. The number of fused-ring (bicyclic) bond motifs is 2. The molecule has 0 radical (unpaired) electrons. The zero-order valence-electron chi connectivity index (χ0n) is 15.6. The highest BCUT2D eigenvalue weighted by atomic mass is 16.6. The van der Waals surface area contributed by atoms with Gasteiger partial charge >= 0.3 is 12.1 Å². The molecule has 3 fully saturated rings. The molecule has 2 N–H and O–H groups in total. The highest BCUT2D eigenvalue weighted by Crippen LogP contribution is 2.28. The van der Waals surface area contributed by atoms with Crippen LogP contribution < -0.4 is 5.32 Å². The van der Waals surface area contributed by atoms with Gasteiger partial charge in [-0.3, -0.25) is 10.0 Å². The maximum absolute atomic E-state index is 12.6. The molecule has 0 aliphatic carbocycles. The number of hydrogen-bond acceptors (Lipinski definition) is 5. The van der Waals surface area contributed by atoms with Crippen molar-refractivity contribution in [1.29, 1.82) is 0 Å². The molecule has 3 heterocycles. The predicted molar refractivity (Wildman–Crippen MR) is 91.5 cm³/mol. The van der Waals surface area contributed by atoms with Crippen LogP contribution in [0.15, 0.2) is 0 Å². The summed E-state index contributed by atoms with van der Waals surface area (Å²) >= 11 is 0. The Labute approximate surface area is 153 Å². The quantitative estimate of drug-likeness (QED) is 0.712. The number of carbonyl (C=O) groups excluding carboxylic acids is 3. The van der Waals surface area contributed by atoms with Gasteiger partial charge in [0.25, 0.3) is 0 Å². The number of carbonyl (C=O) groups is 3. The van der Waals surface area contributed by atoms with Crippen molar-refractivity contribution in [2.75, 3.05) is 19.6 Å². The summed E-state index contributed by atoms with van der Waals surface area (Å²) in [5, 5.41) is 13.5. The highest BCUT2D eigenvalue weighted by Gasteiger charge is 2.47. The zero-order valence-corrected chi connectivity index (χ0v) is 15.6. The Kier molecular flexibility index (Phi) is 5.01. The Morgan fingerprint density at radius 1 is 1.15 bits per heavy atom. The van der Waals surface area contributed by atoms with Crippen LogP contribution in [0.3, 0.4) is 0 Å². The molecule has 0 saturated carbocycles. The van der Waals surface area contributed by atoms with Crippen LogP contribution >= 0.6 is 0 Å². The van der Waals surface area contributed by atoms with Crippen LogP contribution in [0, 0.1) is 0 Å². The van der Waals surface area contributed by atoms with Crippen molar-refractivity contribution in [2.24, 2.45) is 0 Å². The lowest BCUT2D eigenvalue weighted by Crippen LogP contribution is -2.54. The van der Waals surface area contributed by atoms with E-state index in [1.54, 1.807) is 4.90 Å². The molecule has 3 aliphatic heterocycles. The van der Waals surface area contributed by atoms with E-state index >= 15 is 0 Å². The van der Waals surface area contributed by atoms with Crippen molar-refractivity contribution >= 4 is 18.0 Å². The molecule has 9 nitrogen and oxygen atoms in total. The summed E-state index contributed by atoms with van der Waals surface area (Å²) in [5.41, 5.74) is -0.524. The average molecular weight is 368 g/mol. The number of hydroxylamine groups is 2. The predicted octanol–water partition coefficient (Wildman–Crippen LogP) is 1.16. The largest absolute Gasteiger partial charge is 0.444 e. The second-order valence-corrected chi connectivity index (χ2v) is 8.28. The van der Waals surface area contributed by atoms with E-state index in [9.17, 15) is 19.6 Å². The second-order valence-electron chi connectivity index (χ2n) is 8.28. The minimum Gasteiger partial charge on any atom is -0.444 e. The Hall–Kier alpha value is -2.03. The summed E-state index contributed by atoms with van der Waals surface area (Å²) in [5.74, 6) is -0.178. The molecule has 0 aromatic carbocycles. The molecule has 0 aromatic rings. The smallest absolute Gasteiger partial charge is 0.410 e. The lowest BCUT2D eigenvalue weighted by molar-refractivity contribution is -0.127. The number of ether oxygens (including phenoxy) is 1. The summed E-state index contributed by atoms with van der Waals surface area (Å²) in [6.07, 6.45) is 2.15. The first-order chi connectivity index (χ1) is 12.2. The summed E-state index contributed by atoms with van der Waals surface area (Å²) in [6.45, 7) is 6.95. The first-order valence-electron chi connectivity index (χ1n) is 9.23. The fourth-order valence-electron chi connectivity index (χ4n) is 3.75. The van der Waals surface area contributed by atoms with Crippen molar-refractivity contribution in [2.45, 2.75) is 70.2 Å². The monoisotopic (exact) mass is 368 g/mol. The van der Waals surface area contributed by atoms with Crippen LogP contribution in [0.1, 0.15) is 46.5 Å². The van der Waals surface area contributed by atoms with E-state index in [4.69, 9.17) is 4.74 Å². The van der Waals surface area contributed by atoms with Crippen molar-refractivity contribution in [3.63, 3.8) is 0 Å². The third kappa shape index (κ3) is 3.87. The van der Waals surface area contributed by atoms with E-state index in [-0.39, 0.29) is 24.1 Å². The van der Waals surface area contributed by atoms with Crippen molar-refractivity contribution in [1.82, 2.24) is 20.2 Å². The standard InChI is InChI=1S/C17H28N4O5/c1-17(2,3)26-16(24)19-8-6-11(7-9-19)18-14(22)13-5-4-12-10-20(13)15(23)21(12)25/h11-13,25H,4-10H2,1-3H3,(H,18,22)/t12-,13-/m0/s1. The fourth-order valence-corrected chi connectivity index (χ4v) is 3.75. The SMILES string of the molecule is CC(C)(C)OC(=O)N1CCC(NC(=O)[C@@H]2CC[C@H]3CN2C(=O)N3O)CC1. The van der Waals surface area contributed by atoms with E-state index < -0.39 is 17.7 Å². The second kappa shape index (κ2) is 6.94. The first-order valence-corrected chi connectivity index (χ1v) is 9.23. The molecular formula is C17H28N4O5. The van der Waals surface area contributed by atoms with Gasteiger partial charge < -0.3 is 19.9 Å². The molecular weight excluding hydrogens is 340 g/mol. The lowest BCUT2D eigenvalue weighted by atomic mass is 9.99. The van der Waals surface area contributed by atoms with E-state index in [0.29, 0.717) is 45.3 Å². The van der Waals surface area contributed by atoms with Crippen LogP contribution in [0.25, 0.3) is 0 Å². The summed E-state index contributed by atoms with van der Waals surface area (Å²) in [4.78, 5) is 39.8. The Balaban J connectivity index is 1.48. The molecule has 0 unspecified atom stereocenters. The highest BCUT2D eigenvalue weighted by molar-refractivity contribution is 5.88. The van der Waals surface area contributed by atoms with Crippen LogP contribution in [0.4, 0.5) is 9.59 Å². The van der Waals surface area contributed by atoms with E-state index in [1.807, 2.05) is 20.8 Å². The molecule has 3 saturated heterocycles. The number of amides is 4. The maximum atomic E-state index is 12.6. The summed E-state index contributed by atoms with van der Waals surface area (Å²) in [7, 11) is 0. The Morgan fingerprint density at radius 3 is 2.42 bits per heavy atom. The number of nitrogens with one attached hydrogen (secondary N) is 1. The van der Waals surface area contributed by atoms with Gasteiger partial charge in [-0.1, -0.05) is 0 Å². The van der Waals surface area contributed by atoms with Gasteiger partial charge in [0.1, 0.15) is 11.6 Å². The molecule has 4 amide bonds. The Bertz CT molecular complexity index is 582. The zero-order chi connectivity index (χ0) is 19.1. The summed E-state index contributed by atoms with van der Waals surface area (Å²) in [6, 6.07) is -1.25. The fraction of sp³-hybridized carbons (Fsp3) is 0.824. The van der Waals surface area contributed by atoms with Gasteiger partial charge in [-0.25, -0.2) is 14.7 Å². The van der Waals surface area contributed by atoms with Gasteiger partial charge in [0, 0.05) is 25.7 Å². The molecule has 146 valence electrons. The normalized spacial score (nSPS) is 26.9. The van der Waals surface area contributed by atoms with Crippen molar-refractivity contribution in [3.05, 3.63) is 0 Å². The van der Waals surface area contributed by atoms with Gasteiger partial charge in [-0.05, 0) is 46.5 Å². The minimum atomic E-state index is -0.528. The van der Waals surface area contributed by atoms with E-state index in [0.717, 1.165) is 5.06 Å². The molecule has 3 aliphatic rings. The molecule has 3 rings (SSSR count). The third-order valence-corrected chi connectivity index (χ3v) is 5.14. The number of urea groups is 1. The molecule has 2 bridgehead atoms. The Morgan fingerprint density at radius 2 is 1.81 bits per heavy atom. The number of rotatable bonds is 2. The van der Waals surface area contributed by atoms with E-state index in [1.165, 1.54) is 4.90 Å². The van der Waals surface area contributed by atoms with Gasteiger partial charge in [-0.2, -0.15) is 0 Å². The van der Waals surface area contributed by atoms with Crippen molar-refractivity contribution < 1.29 is 24.3 Å². The van der Waals surface area contributed by atoms with Crippen LogP contribution in [0.2, 0.25) is 0 Å².